The molecule has 0 unspecified atom stereocenters. The first-order valence-corrected chi connectivity index (χ1v) is 9.59. The van der Waals surface area contributed by atoms with Crippen LogP contribution in [-0.4, -0.2) is 25.0 Å². The van der Waals surface area contributed by atoms with E-state index in [0.29, 0.717) is 24.4 Å². The highest BCUT2D eigenvalue weighted by atomic mass is 35.5. The number of rotatable bonds is 9. The van der Waals surface area contributed by atoms with Gasteiger partial charge in [0.2, 0.25) is 5.91 Å². The number of ether oxygens (including phenoxy) is 1. The molecule has 0 saturated heterocycles. The molecule has 0 aliphatic heterocycles. The predicted octanol–water partition coefficient (Wildman–Crippen LogP) is 4.18. The van der Waals surface area contributed by atoms with E-state index in [4.69, 9.17) is 4.74 Å². The zero-order valence-corrected chi connectivity index (χ0v) is 17.4. The van der Waals surface area contributed by atoms with E-state index in [9.17, 15) is 13.6 Å². The number of benzene rings is 2. The molecular weight excluding hydrogens is 398 g/mol. The Kier molecular flexibility index (Phi) is 8.41. The Hall–Kier alpha value is -2.18. The minimum absolute atomic E-state index is 0. The lowest BCUT2D eigenvalue weighted by atomic mass is 10.1. The number of carbonyl (C=O) groups excluding carboxylic acids is 1. The Balaban J connectivity index is 0.00000300. The smallest absolute Gasteiger partial charge is 0.233 e. The van der Waals surface area contributed by atoms with E-state index in [-0.39, 0.29) is 49.2 Å². The maximum Gasteiger partial charge on any atom is 0.233 e. The topological polar surface area (TPSA) is 50.4 Å². The van der Waals surface area contributed by atoms with Gasteiger partial charge in [-0.25, -0.2) is 8.78 Å². The Bertz CT molecular complexity index is 818. The molecule has 0 heterocycles. The first-order valence-electron chi connectivity index (χ1n) is 9.59. The SMILES string of the molecule is CC(C)CNC(=O)CN[C@@H]1C[C@H]1c1cc(F)cc(F)c1OCc1ccccc1.Cl. The van der Waals surface area contributed by atoms with E-state index in [1.165, 1.54) is 6.07 Å². The summed E-state index contributed by atoms with van der Waals surface area (Å²) in [5, 5.41) is 6.00. The van der Waals surface area contributed by atoms with Crippen molar-refractivity contribution >= 4 is 18.3 Å². The fraction of sp³-hybridized carbons (Fsp3) is 0.409. The lowest BCUT2D eigenvalue weighted by Crippen LogP contribution is -2.36. The number of hydrogen-bond acceptors (Lipinski definition) is 3. The van der Waals surface area contributed by atoms with E-state index >= 15 is 0 Å². The summed E-state index contributed by atoms with van der Waals surface area (Å²) in [6, 6.07) is 11.6. The number of carbonyl (C=O) groups is 1. The van der Waals surface area contributed by atoms with Crippen molar-refractivity contribution in [3.8, 4) is 5.75 Å². The molecule has 1 aliphatic rings. The predicted molar refractivity (Wildman–Crippen MR) is 111 cm³/mol. The minimum atomic E-state index is -0.703. The molecule has 0 aromatic heterocycles. The second-order valence-electron chi connectivity index (χ2n) is 7.61. The highest BCUT2D eigenvalue weighted by molar-refractivity contribution is 5.85. The monoisotopic (exact) mass is 424 g/mol. The normalized spacial score (nSPS) is 17.6. The van der Waals surface area contributed by atoms with Crippen molar-refractivity contribution < 1.29 is 18.3 Å². The minimum Gasteiger partial charge on any atom is -0.486 e. The van der Waals surface area contributed by atoms with Crippen LogP contribution in [-0.2, 0) is 11.4 Å². The largest absolute Gasteiger partial charge is 0.486 e. The maximum absolute atomic E-state index is 14.4. The lowest BCUT2D eigenvalue weighted by molar-refractivity contribution is -0.120. The van der Waals surface area contributed by atoms with Crippen LogP contribution in [0.1, 0.15) is 37.3 Å². The molecule has 1 saturated carbocycles. The Labute approximate surface area is 176 Å². The van der Waals surface area contributed by atoms with Crippen LogP contribution in [0.3, 0.4) is 0 Å². The summed E-state index contributed by atoms with van der Waals surface area (Å²) in [5.41, 5.74) is 1.41. The molecule has 2 aromatic carbocycles. The van der Waals surface area contributed by atoms with Gasteiger partial charge in [0.15, 0.2) is 11.6 Å². The highest BCUT2D eigenvalue weighted by Crippen LogP contribution is 2.46. The van der Waals surface area contributed by atoms with Gasteiger partial charge >= 0.3 is 0 Å². The van der Waals surface area contributed by atoms with Gasteiger partial charge in [-0.15, -0.1) is 12.4 Å². The molecule has 3 rings (SSSR count). The summed E-state index contributed by atoms with van der Waals surface area (Å²) >= 11 is 0. The second kappa shape index (κ2) is 10.6. The van der Waals surface area contributed by atoms with Crippen LogP contribution in [0.5, 0.6) is 5.75 Å². The molecule has 29 heavy (non-hydrogen) atoms. The van der Waals surface area contributed by atoms with Crippen LogP contribution >= 0.6 is 12.4 Å². The molecule has 2 N–H and O–H groups in total. The molecule has 2 atom stereocenters. The van der Waals surface area contributed by atoms with Gasteiger partial charge in [0.25, 0.3) is 0 Å². The van der Waals surface area contributed by atoms with Gasteiger partial charge in [-0.3, -0.25) is 4.79 Å². The number of hydrogen-bond donors (Lipinski definition) is 2. The van der Waals surface area contributed by atoms with Crippen LogP contribution in [0, 0.1) is 17.6 Å². The molecule has 2 aromatic rings. The summed E-state index contributed by atoms with van der Waals surface area (Å²) in [6.45, 7) is 5.08. The van der Waals surface area contributed by atoms with Gasteiger partial charge in [0.1, 0.15) is 12.4 Å². The van der Waals surface area contributed by atoms with Gasteiger partial charge in [0.05, 0.1) is 6.54 Å². The average molecular weight is 425 g/mol. The third-order valence-electron chi connectivity index (χ3n) is 4.69. The van der Waals surface area contributed by atoms with Crippen molar-refractivity contribution in [2.75, 3.05) is 13.1 Å². The molecule has 1 amide bonds. The Morgan fingerprint density at radius 2 is 1.93 bits per heavy atom. The van der Waals surface area contributed by atoms with Crippen molar-refractivity contribution in [2.24, 2.45) is 5.92 Å². The molecule has 0 radical (unpaired) electrons. The highest BCUT2D eigenvalue weighted by Gasteiger charge is 2.41. The first kappa shape index (κ1) is 23.1. The van der Waals surface area contributed by atoms with E-state index in [0.717, 1.165) is 11.6 Å². The molecule has 0 spiro atoms. The fourth-order valence-corrected chi connectivity index (χ4v) is 3.11. The van der Waals surface area contributed by atoms with Crippen molar-refractivity contribution in [1.82, 2.24) is 10.6 Å². The fourth-order valence-electron chi connectivity index (χ4n) is 3.11. The van der Waals surface area contributed by atoms with Crippen LogP contribution in [0.2, 0.25) is 0 Å². The van der Waals surface area contributed by atoms with E-state index in [2.05, 4.69) is 10.6 Å². The second-order valence-corrected chi connectivity index (χ2v) is 7.61. The summed E-state index contributed by atoms with van der Waals surface area (Å²) < 4.78 is 33.9. The van der Waals surface area contributed by atoms with Gasteiger partial charge in [0, 0.05) is 30.1 Å². The van der Waals surface area contributed by atoms with E-state index < -0.39 is 11.6 Å². The average Bonchev–Trinajstić information content (AvgIpc) is 3.44. The van der Waals surface area contributed by atoms with Crippen LogP contribution in [0.4, 0.5) is 8.78 Å². The first-order chi connectivity index (χ1) is 13.4. The van der Waals surface area contributed by atoms with Gasteiger partial charge in [-0.05, 0) is 24.0 Å². The zero-order chi connectivity index (χ0) is 20.1. The standard InChI is InChI=1S/C22H26F2N2O2.ClH/c1-14(2)11-26-21(27)12-25-20-10-17(20)18-8-16(23)9-19(24)22(18)28-13-15-6-4-3-5-7-15;/h3-9,14,17,20,25H,10-13H2,1-2H3,(H,26,27);1H/t17-,20+;/m0./s1. The number of nitrogens with one attached hydrogen (secondary N) is 2. The summed E-state index contributed by atoms with van der Waals surface area (Å²) in [7, 11) is 0. The van der Waals surface area contributed by atoms with Crippen LogP contribution in [0.25, 0.3) is 0 Å². The van der Waals surface area contributed by atoms with Crippen molar-refractivity contribution in [1.29, 1.82) is 0 Å². The number of amides is 1. The molecule has 1 fully saturated rings. The molecule has 7 heteroatoms. The molecular formula is C22H27ClF2N2O2. The van der Waals surface area contributed by atoms with E-state index in [1.807, 2.05) is 44.2 Å². The maximum atomic E-state index is 14.4. The molecule has 0 bridgehead atoms. The molecule has 4 nitrogen and oxygen atoms in total. The lowest BCUT2D eigenvalue weighted by Gasteiger charge is -2.13. The number of halogens is 3. The van der Waals surface area contributed by atoms with Crippen molar-refractivity contribution in [2.45, 2.75) is 38.8 Å². The third-order valence-corrected chi connectivity index (χ3v) is 4.69. The zero-order valence-electron chi connectivity index (χ0n) is 16.6. The Morgan fingerprint density at radius 3 is 2.62 bits per heavy atom. The Morgan fingerprint density at radius 1 is 1.21 bits per heavy atom. The van der Waals surface area contributed by atoms with Gasteiger partial charge in [-0.2, -0.15) is 0 Å². The summed E-state index contributed by atoms with van der Waals surface area (Å²) in [4.78, 5) is 11.8. The van der Waals surface area contributed by atoms with Gasteiger partial charge in [-0.1, -0.05) is 44.2 Å². The molecule has 1 aliphatic carbocycles. The molecule has 158 valence electrons. The third kappa shape index (κ3) is 6.68. The van der Waals surface area contributed by atoms with Crippen molar-refractivity contribution in [3.05, 3.63) is 65.2 Å². The van der Waals surface area contributed by atoms with Crippen LogP contribution in [0.15, 0.2) is 42.5 Å². The van der Waals surface area contributed by atoms with E-state index in [1.54, 1.807) is 0 Å². The van der Waals surface area contributed by atoms with Crippen LogP contribution < -0.4 is 15.4 Å². The summed E-state index contributed by atoms with van der Waals surface area (Å²) in [6.07, 6.45) is 0.710. The van der Waals surface area contributed by atoms with Gasteiger partial charge < -0.3 is 15.4 Å². The van der Waals surface area contributed by atoms with Crippen molar-refractivity contribution in [3.63, 3.8) is 0 Å². The quantitative estimate of drug-likeness (QED) is 0.634. The summed E-state index contributed by atoms with van der Waals surface area (Å²) in [5.74, 6) is -1.01.